The van der Waals surface area contributed by atoms with E-state index in [9.17, 15) is 4.21 Å². The number of fused-ring (bicyclic) bond motifs is 1. The predicted octanol–water partition coefficient (Wildman–Crippen LogP) is 1.54. The fourth-order valence-corrected chi connectivity index (χ4v) is 2.99. The molecule has 1 heterocycles. The highest BCUT2D eigenvalue weighted by molar-refractivity contribution is 7.84. The van der Waals surface area contributed by atoms with Crippen LogP contribution in [-0.4, -0.2) is 32.0 Å². The first-order chi connectivity index (χ1) is 8.59. The second-order valence-corrected chi connectivity index (χ2v) is 6.97. The zero-order valence-electron chi connectivity index (χ0n) is 11.5. The van der Waals surface area contributed by atoms with E-state index in [4.69, 9.17) is 0 Å². The van der Waals surface area contributed by atoms with Crippen LogP contribution in [0.2, 0.25) is 0 Å². The molecular formula is C13H23N3OS. The average molecular weight is 269 g/mol. The van der Waals surface area contributed by atoms with Gasteiger partial charge in [-0.15, -0.1) is 0 Å². The number of aryl methyl sites for hydroxylation is 1. The van der Waals surface area contributed by atoms with Crippen molar-refractivity contribution in [1.82, 2.24) is 15.1 Å². The molecule has 0 aromatic carbocycles. The van der Waals surface area contributed by atoms with E-state index < -0.39 is 10.8 Å². The first kappa shape index (κ1) is 13.7. The summed E-state index contributed by atoms with van der Waals surface area (Å²) in [6.07, 6.45) is 8.29. The Morgan fingerprint density at radius 1 is 1.67 bits per heavy atom. The van der Waals surface area contributed by atoms with Gasteiger partial charge in [-0.2, -0.15) is 5.10 Å². The van der Waals surface area contributed by atoms with E-state index in [0.717, 1.165) is 19.4 Å². The third-order valence-electron chi connectivity index (χ3n) is 3.88. The van der Waals surface area contributed by atoms with Gasteiger partial charge in [0.15, 0.2) is 0 Å². The summed E-state index contributed by atoms with van der Waals surface area (Å²) in [7, 11) is 1.30. The van der Waals surface area contributed by atoms with Gasteiger partial charge in [0.2, 0.25) is 0 Å². The summed E-state index contributed by atoms with van der Waals surface area (Å²) in [5.41, 5.74) is 2.72. The van der Waals surface area contributed by atoms with Crippen molar-refractivity contribution in [2.45, 2.75) is 43.9 Å². The highest BCUT2D eigenvalue weighted by atomic mass is 32.2. The Kier molecular flexibility index (Phi) is 4.56. The minimum absolute atomic E-state index is 0.273. The van der Waals surface area contributed by atoms with Gasteiger partial charge in [0, 0.05) is 46.7 Å². The van der Waals surface area contributed by atoms with Crippen LogP contribution in [0.1, 0.15) is 43.5 Å². The van der Waals surface area contributed by atoms with Gasteiger partial charge in [-0.3, -0.25) is 8.89 Å². The predicted molar refractivity (Wildman–Crippen MR) is 75.0 cm³/mol. The Morgan fingerprint density at radius 3 is 3.17 bits per heavy atom. The smallest absolute Gasteiger partial charge is 0.0540 e. The van der Waals surface area contributed by atoms with Gasteiger partial charge in [0.1, 0.15) is 0 Å². The molecule has 0 amide bonds. The summed E-state index contributed by atoms with van der Waals surface area (Å²) < 4.78 is 13.3. The van der Waals surface area contributed by atoms with Crippen LogP contribution in [0.3, 0.4) is 0 Å². The maximum absolute atomic E-state index is 11.3. The number of aromatic nitrogens is 2. The van der Waals surface area contributed by atoms with Crippen molar-refractivity contribution < 1.29 is 4.21 Å². The molecule has 0 saturated carbocycles. The molecule has 102 valence electrons. The van der Waals surface area contributed by atoms with E-state index in [1.807, 2.05) is 24.9 Å². The molecule has 3 atom stereocenters. The summed E-state index contributed by atoms with van der Waals surface area (Å²) in [5, 5.41) is 8.21. The van der Waals surface area contributed by atoms with Gasteiger partial charge in [0.05, 0.1) is 6.20 Å². The number of hydrogen-bond acceptors (Lipinski definition) is 3. The van der Waals surface area contributed by atoms with E-state index >= 15 is 0 Å². The molecule has 1 aromatic rings. The molecule has 0 radical (unpaired) electrons. The third kappa shape index (κ3) is 3.01. The van der Waals surface area contributed by atoms with E-state index in [1.165, 1.54) is 24.1 Å². The van der Waals surface area contributed by atoms with Crippen LogP contribution in [0, 0.1) is 0 Å². The van der Waals surface area contributed by atoms with Crippen LogP contribution in [0.4, 0.5) is 0 Å². The molecule has 1 N–H and O–H groups in total. The normalized spacial score (nSPS) is 22.5. The zero-order chi connectivity index (χ0) is 13.1. The molecule has 0 saturated heterocycles. The van der Waals surface area contributed by atoms with Gasteiger partial charge in [-0.05, 0) is 32.2 Å². The topological polar surface area (TPSA) is 46.9 Å². The highest BCUT2D eigenvalue weighted by Crippen LogP contribution is 2.28. The third-order valence-corrected chi connectivity index (χ3v) is 5.25. The van der Waals surface area contributed by atoms with Crippen LogP contribution in [0.5, 0.6) is 0 Å². The molecule has 2 rings (SSSR count). The van der Waals surface area contributed by atoms with Crippen LogP contribution in [-0.2, 0) is 24.3 Å². The molecule has 0 fully saturated rings. The van der Waals surface area contributed by atoms with Crippen molar-refractivity contribution in [2.24, 2.45) is 7.05 Å². The summed E-state index contributed by atoms with van der Waals surface area (Å²) in [5.74, 6) is 0. The van der Waals surface area contributed by atoms with Crippen LogP contribution >= 0.6 is 0 Å². The zero-order valence-corrected chi connectivity index (χ0v) is 12.3. The van der Waals surface area contributed by atoms with Crippen molar-refractivity contribution in [1.29, 1.82) is 0 Å². The summed E-state index contributed by atoms with van der Waals surface area (Å²) in [6.45, 7) is 2.98. The monoisotopic (exact) mass is 269 g/mol. The van der Waals surface area contributed by atoms with E-state index in [1.54, 1.807) is 6.26 Å². The SMILES string of the molecule is CC(CCNC1CCCc2c1cnn2C)S(C)=O. The maximum Gasteiger partial charge on any atom is 0.0540 e. The lowest BCUT2D eigenvalue weighted by Gasteiger charge is -2.24. The van der Waals surface area contributed by atoms with Crippen molar-refractivity contribution in [3.05, 3.63) is 17.5 Å². The number of hydrogen-bond donors (Lipinski definition) is 1. The van der Waals surface area contributed by atoms with E-state index in [2.05, 4.69) is 10.4 Å². The Bertz CT molecular complexity index is 430. The molecular weight excluding hydrogens is 246 g/mol. The lowest BCUT2D eigenvalue weighted by atomic mass is 9.93. The Hall–Kier alpha value is -0.680. The lowest BCUT2D eigenvalue weighted by Crippen LogP contribution is -2.28. The highest BCUT2D eigenvalue weighted by Gasteiger charge is 2.22. The molecule has 1 aromatic heterocycles. The van der Waals surface area contributed by atoms with Crippen molar-refractivity contribution in [3.8, 4) is 0 Å². The van der Waals surface area contributed by atoms with Gasteiger partial charge in [0.25, 0.3) is 0 Å². The van der Waals surface area contributed by atoms with E-state index in [-0.39, 0.29) is 5.25 Å². The molecule has 0 spiro atoms. The summed E-state index contributed by atoms with van der Waals surface area (Å²) in [6, 6.07) is 0.431. The van der Waals surface area contributed by atoms with Gasteiger partial charge >= 0.3 is 0 Å². The minimum Gasteiger partial charge on any atom is -0.310 e. The maximum atomic E-state index is 11.3. The fraction of sp³-hybridized carbons (Fsp3) is 0.769. The van der Waals surface area contributed by atoms with Gasteiger partial charge in [-0.1, -0.05) is 6.92 Å². The minimum atomic E-state index is -0.714. The fourth-order valence-electron chi connectivity index (χ4n) is 2.55. The quantitative estimate of drug-likeness (QED) is 0.882. The lowest BCUT2D eigenvalue weighted by molar-refractivity contribution is 0.448. The number of nitrogens with one attached hydrogen (secondary N) is 1. The molecule has 5 heteroatoms. The van der Waals surface area contributed by atoms with Gasteiger partial charge in [-0.25, -0.2) is 0 Å². The molecule has 1 aliphatic rings. The Labute approximate surface area is 112 Å². The average Bonchev–Trinajstić information content (AvgIpc) is 2.72. The van der Waals surface area contributed by atoms with Crippen molar-refractivity contribution >= 4 is 10.8 Å². The second kappa shape index (κ2) is 5.97. The van der Waals surface area contributed by atoms with Crippen LogP contribution < -0.4 is 5.32 Å². The largest absolute Gasteiger partial charge is 0.310 e. The number of nitrogens with zero attached hydrogens (tertiary/aromatic N) is 2. The van der Waals surface area contributed by atoms with Crippen LogP contribution in [0.25, 0.3) is 0 Å². The van der Waals surface area contributed by atoms with Crippen molar-refractivity contribution in [3.63, 3.8) is 0 Å². The first-order valence-corrected chi connectivity index (χ1v) is 8.28. The Balaban J connectivity index is 1.90. The van der Waals surface area contributed by atoms with E-state index in [0.29, 0.717) is 6.04 Å². The second-order valence-electron chi connectivity index (χ2n) is 5.17. The Morgan fingerprint density at radius 2 is 2.44 bits per heavy atom. The molecule has 0 bridgehead atoms. The summed E-state index contributed by atoms with van der Waals surface area (Å²) >= 11 is 0. The molecule has 3 unspecified atom stereocenters. The summed E-state index contributed by atoms with van der Waals surface area (Å²) in [4.78, 5) is 0. The van der Waals surface area contributed by atoms with Crippen LogP contribution in [0.15, 0.2) is 6.20 Å². The standard InChI is InChI=1S/C13H23N3OS/c1-10(18(3)17)7-8-14-12-5-4-6-13-11(12)9-15-16(13)2/h9-10,12,14H,4-8H2,1-3H3. The molecule has 0 aliphatic heterocycles. The molecule has 4 nitrogen and oxygen atoms in total. The van der Waals surface area contributed by atoms with Gasteiger partial charge < -0.3 is 5.32 Å². The molecule has 1 aliphatic carbocycles. The number of rotatable bonds is 5. The van der Waals surface area contributed by atoms with Crippen molar-refractivity contribution in [2.75, 3.05) is 12.8 Å². The first-order valence-electron chi connectivity index (χ1n) is 6.66. The molecule has 18 heavy (non-hydrogen) atoms.